The number of hydrogen-bond donors (Lipinski definition) is 0. The normalized spacial score (nSPS) is 18.3. The van der Waals surface area contributed by atoms with Gasteiger partial charge in [0.25, 0.3) is 0 Å². The Labute approximate surface area is 137 Å². The smallest absolute Gasteiger partial charge is 0.161 e. The van der Waals surface area contributed by atoms with Gasteiger partial charge in [-0.25, -0.2) is 13.8 Å². The Kier molecular flexibility index (Phi) is 3.63. The zero-order chi connectivity index (χ0) is 16.7. The minimum Gasteiger partial charge on any atom is -0.347 e. The third kappa shape index (κ3) is 2.50. The molecule has 1 atom stereocenters. The minimum atomic E-state index is -0.907. The number of anilines is 1. The van der Waals surface area contributed by atoms with Gasteiger partial charge in [0.05, 0.1) is 29.0 Å². The lowest BCUT2D eigenvalue weighted by Crippen LogP contribution is -2.35. The summed E-state index contributed by atoms with van der Waals surface area (Å²) in [7, 11) is 1.92. The molecule has 24 heavy (non-hydrogen) atoms. The lowest BCUT2D eigenvalue weighted by molar-refractivity contribution is 0.447. The maximum absolute atomic E-state index is 13.5. The Morgan fingerprint density at radius 2 is 1.92 bits per heavy atom. The molecule has 7 heteroatoms. The summed E-state index contributed by atoms with van der Waals surface area (Å²) in [5, 5.41) is 4.25. The second-order valence-corrected chi connectivity index (χ2v) is 6.07. The molecule has 0 spiro atoms. The Morgan fingerprint density at radius 1 is 1.12 bits per heavy atom. The molecule has 0 bridgehead atoms. The fourth-order valence-corrected chi connectivity index (χ4v) is 3.36. The van der Waals surface area contributed by atoms with E-state index >= 15 is 0 Å². The SMILES string of the molecule is Cn1nccc1C1CCCCN1c1cnc2cc(F)c(F)cc2n1. The average Bonchev–Trinajstić information content (AvgIpc) is 3.01. The molecule has 0 amide bonds. The highest BCUT2D eigenvalue weighted by Crippen LogP contribution is 2.34. The van der Waals surface area contributed by atoms with Gasteiger partial charge in [0.2, 0.25) is 0 Å². The topological polar surface area (TPSA) is 46.8 Å². The van der Waals surface area contributed by atoms with Crippen molar-refractivity contribution in [2.24, 2.45) is 7.05 Å². The van der Waals surface area contributed by atoms with Crippen molar-refractivity contribution in [2.45, 2.75) is 25.3 Å². The molecule has 2 aromatic heterocycles. The number of fused-ring (bicyclic) bond motifs is 1. The highest BCUT2D eigenvalue weighted by atomic mass is 19.2. The van der Waals surface area contributed by atoms with Crippen molar-refractivity contribution < 1.29 is 8.78 Å². The molecule has 0 radical (unpaired) electrons. The predicted octanol–water partition coefficient (Wildman–Crippen LogP) is 3.37. The summed E-state index contributed by atoms with van der Waals surface area (Å²) in [4.78, 5) is 11.0. The van der Waals surface area contributed by atoms with Gasteiger partial charge in [-0.2, -0.15) is 5.10 Å². The number of rotatable bonds is 2. The van der Waals surface area contributed by atoms with Crippen molar-refractivity contribution in [3.05, 3.63) is 47.9 Å². The zero-order valence-electron chi connectivity index (χ0n) is 13.3. The van der Waals surface area contributed by atoms with Gasteiger partial charge in [-0.05, 0) is 25.3 Å². The maximum Gasteiger partial charge on any atom is 0.161 e. The highest BCUT2D eigenvalue weighted by Gasteiger charge is 2.27. The van der Waals surface area contributed by atoms with Crippen molar-refractivity contribution in [3.63, 3.8) is 0 Å². The van der Waals surface area contributed by atoms with Gasteiger partial charge in [-0.3, -0.25) is 9.67 Å². The van der Waals surface area contributed by atoms with Crippen LogP contribution >= 0.6 is 0 Å². The van der Waals surface area contributed by atoms with Gasteiger partial charge in [0.15, 0.2) is 11.6 Å². The van der Waals surface area contributed by atoms with Crippen LogP contribution < -0.4 is 4.90 Å². The van der Waals surface area contributed by atoms with Crippen LogP contribution in [0.15, 0.2) is 30.6 Å². The molecule has 0 aliphatic carbocycles. The molecular formula is C17H17F2N5. The molecule has 3 aromatic rings. The number of piperidine rings is 1. The molecule has 5 nitrogen and oxygen atoms in total. The van der Waals surface area contributed by atoms with E-state index in [-0.39, 0.29) is 6.04 Å². The van der Waals surface area contributed by atoms with Crippen LogP contribution in [0.1, 0.15) is 31.0 Å². The van der Waals surface area contributed by atoms with Crippen LogP contribution in [0.5, 0.6) is 0 Å². The zero-order valence-corrected chi connectivity index (χ0v) is 13.3. The number of benzene rings is 1. The first kappa shape index (κ1) is 15.0. The second-order valence-electron chi connectivity index (χ2n) is 6.07. The van der Waals surface area contributed by atoms with Gasteiger partial charge in [-0.1, -0.05) is 0 Å². The van der Waals surface area contributed by atoms with Crippen LogP contribution in [-0.2, 0) is 7.05 Å². The number of aryl methyl sites for hydroxylation is 1. The van der Waals surface area contributed by atoms with Crippen LogP contribution in [0.3, 0.4) is 0 Å². The summed E-state index contributed by atoms with van der Waals surface area (Å²) < 4.78 is 28.7. The van der Waals surface area contributed by atoms with Crippen LogP contribution in [-0.4, -0.2) is 26.3 Å². The molecular weight excluding hydrogens is 312 g/mol. The quantitative estimate of drug-likeness (QED) is 0.723. The molecule has 0 saturated carbocycles. The number of hydrogen-bond acceptors (Lipinski definition) is 4. The Morgan fingerprint density at radius 3 is 2.67 bits per heavy atom. The van der Waals surface area contributed by atoms with Gasteiger partial charge in [0.1, 0.15) is 5.82 Å². The van der Waals surface area contributed by atoms with E-state index in [0.717, 1.165) is 43.6 Å². The number of nitrogens with zero attached hydrogens (tertiary/aromatic N) is 5. The Balaban J connectivity index is 1.76. The molecule has 1 aromatic carbocycles. The average molecular weight is 329 g/mol. The second kappa shape index (κ2) is 5.81. The van der Waals surface area contributed by atoms with Crippen molar-refractivity contribution in [1.29, 1.82) is 0 Å². The first-order valence-corrected chi connectivity index (χ1v) is 8.00. The minimum absolute atomic E-state index is 0.156. The number of halogens is 2. The lowest BCUT2D eigenvalue weighted by Gasteiger charge is -2.36. The summed E-state index contributed by atoms with van der Waals surface area (Å²) in [6.45, 7) is 0.847. The van der Waals surface area contributed by atoms with E-state index in [9.17, 15) is 8.78 Å². The molecule has 1 saturated heterocycles. The summed E-state index contributed by atoms with van der Waals surface area (Å²) in [6, 6.07) is 4.34. The molecule has 1 fully saturated rings. The van der Waals surface area contributed by atoms with Crippen molar-refractivity contribution in [2.75, 3.05) is 11.4 Å². The molecule has 3 heterocycles. The molecule has 124 valence electrons. The van der Waals surface area contributed by atoms with E-state index in [0.29, 0.717) is 16.9 Å². The van der Waals surface area contributed by atoms with Crippen molar-refractivity contribution in [3.8, 4) is 0 Å². The molecule has 4 rings (SSSR count). The molecule has 1 aliphatic heterocycles. The third-order valence-electron chi connectivity index (χ3n) is 4.57. The van der Waals surface area contributed by atoms with Crippen LogP contribution in [0.4, 0.5) is 14.6 Å². The van der Waals surface area contributed by atoms with Gasteiger partial charge in [-0.15, -0.1) is 0 Å². The first-order chi connectivity index (χ1) is 11.6. The first-order valence-electron chi connectivity index (χ1n) is 8.00. The summed E-state index contributed by atoms with van der Waals surface area (Å²) in [5.74, 6) is -1.13. The maximum atomic E-state index is 13.5. The van der Waals surface area contributed by atoms with Crippen LogP contribution in [0, 0.1) is 11.6 Å². The third-order valence-corrected chi connectivity index (χ3v) is 4.57. The highest BCUT2D eigenvalue weighted by molar-refractivity contribution is 5.75. The van der Waals surface area contributed by atoms with E-state index in [2.05, 4.69) is 20.0 Å². The molecule has 0 N–H and O–H groups in total. The lowest BCUT2D eigenvalue weighted by atomic mass is 9.99. The summed E-state index contributed by atoms with van der Waals surface area (Å²) in [5.41, 5.74) is 1.83. The fraction of sp³-hybridized carbons (Fsp3) is 0.353. The van der Waals surface area contributed by atoms with Crippen molar-refractivity contribution >= 4 is 16.9 Å². The standard InChI is InChI=1S/C17H17F2N5/c1-23-15(5-6-21-23)16-4-2-3-7-24(16)17-10-20-13-8-11(18)12(19)9-14(13)22-17/h5-6,8-10,16H,2-4,7H2,1H3. The molecule has 1 aliphatic rings. The fourth-order valence-electron chi connectivity index (χ4n) is 3.36. The summed E-state index contributed by atoms with van der Waals surface area (Å²) in [6.07, 6.45) is 6.61. The summed E-state index contributed by atoms with van der Waals surface area (Å²) >= 11 is 0. The van der Waals surface area contributed by atoms with Crippen LogP contribution in [0.2, 0.25) is 0 Å². The Bertz CT molecular complexity index is 892. The number of aromatic nitrogens is 4. The largest absolute Gasteiger partial charge is 0.347 e. The van der Waals surface area contributed by atoms with E-state index in [1.807, 2.05) is 17.8 Å². The van der Waals surface area contributed by atoms with Crippen LogP contribution in [0.25, 0.3) is 11.0 Å². The van der Waals surface area contributed by atoms with Gasteiger partial charge in [0, 0.05) is 31.9 Å². The monoisotopic (exact) mass is 329 g/mol. The van der Waals surface area contributed by atoms with Gasteiger partial charge >= 0.3 is 0 Å². The Hall–Kier alpha value is -2.57. The van der Waals surface area contributed by atoms with E-state index in [1.165, 1.54) is 0 Å². The van der Waals surface area contributed by atoms with E-state index in [1.54, 1.807) is 12.4 Å². The van der Waals surface area contributed by atoms with E-state index in [4.69, 9.17) is 0 Å². The van der Waals surface area contributed by atoms with Gasteiger partial charge < -0.3 is 4.90 Å². The van der Waals surface area contributed by atoms with Crippen molar-refractivity contribution in [1.82, 2.24) is 19.7 Å². The predicted molar refractivity (Wildman–Crippen MR) is 86.6 cm³/mol. The molecule has 1 unspecified atom stereocenters. The van der Waals surface area contributed by atoms with E-state index < -0.39 is 11.6 Å².